The van der Waals surface area contributed by atoms with Crippen molar-refractivity contribution in [1.29, 1.82) is 0 Å². The van der Waals surface area contributed by atoms with Gasteiger partial charge in [-0.1, -0.05) is 42.5 Å². The average Bonchev–Trinajstić information content (AvgIpc) is 2.60. The molecule has 7 heteroatoms. The lowest BCUT2D eigenvalue weighted by atomic mass is 10.1. The molecule has 1 atom stereocenters. The number of ether oxygens (including phenoxy) is 1. The summed E-state index contributed by atoms with van der Waals surface area (Å²) >= 11 is 0. The van der Waals surface area contributed by atoms with Gasteiger partial charge >= 0.3 is 12.0 Å². The number of rotatable bonds is 4. The molecule has 0 radical (unpaired) electrons. The lowest BCUT2D eigenvalue weighted by Gasteiger charge is -2.17. The first-order valence-electron chi connectivity index (χ1n) is 7.09. The fourth-order valence-electron chi connectivity index (χ4n) is 1.96. The van der Waals surface area contributed by atoms with Crippen molar-refractivity contribution < 1.29 is 24.2 Å². The third-order valence-corrected chi connectivity index (χ3v) is 3.15. The summed E-state index contributed by atoms with van der Waals surface area (Å²) in [5.74, 6) is -1.95. The van der Waals surface area contributed by atoms with Gasteiger partial charge in [0.05, 0.1) is 0 Å². The third kappa shape index (κ3) is 4.10. The van der Waals surface area contributed by atoms with Crippen molar-refractivity contribution in [2.75, 3.05) is 7.05 Å². The van der Waals surface area contributed by atoms with Gasteiger partial charge in [-0.25, -0.2) is 9.59 Å². The van der Waals surface area contributed by atoms with Crippen molar-refractivity contribution in [3.63, 3.8) is 0 Å². The van der Waals surface area contributed by atoms with Crippen molar-refractivity contribution in [3.05, 3.63) is 65.7 Å². The number of esters is 1. The summed E-state index contributed by atoms with van der Waals surface area (Å²) in [7, 11) is 1.36. The van der Waals surface area contributed by atoms with Crippen LogP contribution in [-0.4, -0.2) is 30.1 Å². The van der Waals surface area contributed by atoms with Crippen LogP contribution in [0.5, 0.6) is 5.75 Å². The number of para-hydroxylation sites is 1. The van der Waals surface area contributed by atoms with Crippen LogP contribution in [0.1, 0.15) is 22.0 Å². The second kappa shape index (κ2) is 7.77. The molecule has 3 N–H and O–H groups in total. The molecule has 0 aliphatic heterocycles. The zero-order chi connectivity index (χ0) is 17.5. The predicted octanol–water partition coefficient (Wildman–Crippen LogP) is 1.75. The highest BCUT2D eigenvalue weighted by Crippen LogP contribution is 2.23. The Morgan fingerprint density at radius 3 is 2.25 bits per heavy atom. The fourth-order valence-corrected chi connectivity index (χ4v) is 1.96. The van der Waals surface area contributed by atoms with E-state index in [4.69, 9.17) is 4.74 Å². The van der Waals surface area contributed by atoms with Crippen LogP contribution in [0.4, 0.5) is 4.79 Å². The number of hydrogen-bond acceptors (Lipinski definition) is 5. The lowest BCUT2D eigenvalue weighted by Crippen LogP contribution is -2.41. The van der Waals surface area contributed by atoms with Crippen LogP contribution in [0.2, 0.25) is 0 Å². The lowest BCUT2D eigenvalue weighted by molar-refractivity contribution is -0.129. The highest BCUT2D eigenvalue weighted by Gasteiger charge is 2.27. The Kier molecular flexibility index (Phi) is 5.51. The van der Waals surface area contributed by atoms with E-state index in [0.717, 1.165) is 0 Å². The van der Waals surface area contributed by atoms with Gasteiger partial charge in [0.15, 0.2) is 0 Å². The smallest absolute Gasteiger partial charge is 0.343 e. The molecule has 0 aliphatic rings. The molecule has 0 unspecified atom stereocenters. The molecular formula is C17H16N2O5. The molecule has 3 amide bonds. The predicted molar refractivity (Wildman–Crippen MR) is 85.3 cm³/mol. The van der Waals surface area contributed by atoms with Crippen molar-refractivity contribution in [2.24, 2.45) is 0 Å². The van der Waals surface area contributed by atoms with Crippen LogP contribution >= 0.6 is 0 Å². The van der Waals surface area contributed by atoms with Crippen molar-refractivity contribution in [1.82, 2.24) is 10.6 Å². The van der Waals surface area contributed by atoms with Crippen LogP contribution in [0.25, 0.3) is 0 Å². The zero-order valence-electron chi connectivity index (χ0n) is 12.9. The summed E-state index contributed by atoms with van der Waals surface area (Å²) in [5, 5.41) is 14.0. The quantitative estimate of drug-likeness (QED) is 0.742. The van der Waals surface area contributed by atoms with Gasteiger partial charge in [0.25, 0.3) is 5.91 Å². The zero-order valence-corrected chi connectivity index (χ0v) is 12.9. The van der Waals surface area contributed by atoms with Gasteiger partial charge in [0, 0.05) is 12.6 Å². The van der Waals surface area contributed by atoms with Crippen LogP contribution in [-0.2, 0) is 9.53 Å². The molecule has 0 spiro atoms. The van der Waals surface area contributed by atoms with Gasteiger partial charge in [-0.05, 0) is 12.1 Å². The summed E-state index contributed by atoms with van der Waals surface area (Å²) in [6, 6.07) is 13.3. The number of carbonyl (C=O) groups is 3. The number of nitrogens with one attached hydrogen (secondary N) is 2. The van der Waals surface area contributed by atoms with Crippen molar-refractivity contribution >= 4 is 17.9 Å². The minimum atomic E-state index is -1.34. The Bertz CT molecular complexity index is 746. The summed E-state index contributed by atoms with van der Waals surface area (Å²) in [4.78, 5) is 35.8. The second-order valence-corrected chi connectivity index (χ2v) is 4.78. The molecule has 0 aromatic heterocycles. The molecule has 0 heterocycles. The number of imide groups is 1. The van der Waals surface area contributed by atoms with Crippen LogP contribution in [0.3, 0.4) is 0 Å². The molecule has 2 aromatic rings. The summed E-state index contributed by atoms with van der Waals surface area (Å²) < 4.78 is 5.22. The van der Waals surface area contributed by atoms with E-state index >= 15 is 0 Å². The van der Waals surface area contributed by atoms with E-state index in [1.165, 1.54) is 19.2 Å². The molecule has 0 bridgehead atoms. The highest BCUT2D eigenvalue weighted by atomic mass is 16.5. The average molecular weight is 328 g/mol. The Balaban J connectivity index is 2.26. The van der Waals surface area contributed by atoms with Gasteiger partial charge in [0.1, 0.15) is 11.3 Å². The fraction of sp³-hybridized carbons (Fsp3) is 0.118. The maximum atomic E-state index is 12.3. The minimum Gasteiger partial charge on any atom is -0.507 e. The van der Waals surface area contributed by atoms with E-state index in [-0.39, 0.29) is 11.3 Å². The summed E-state index contributed by atoms with van der Waals surface area (Å²) in [6.45, 7) is 0. The first-order chi connectivity index (χ1) is 11.5. The Morgan fingerprint density at radius 1 is 1.00 bits per heavy atom. The summed E-state index contributed by atoms with van der Waals surface area (Å²) in [5.41, 5.74) is 0.314. The van der Waals surface area contributed by atoms with Gasteiger partial charge in [-0.3, -0.25) is 10.1 Å². The molecular weight excluding hydrogens is 312 g/mol. The normalized spacial score (nSPS) is 11.2. The Hall–Kier alpha value is -3.35. The number of aromatic hydroxyl groups is 1. The van der Waals surface area contributed by atoms with Crippen LogP contribution in [0, 0.1) is 0 Å². The number of benzene rings is 2. The van der Waals surface area contributed by atoms with E-state index in [9.17, 15) is 19.5 Å². The van der Waals surface area contributed by atoms with E-state index in [1.54, 1.807) is 42.5 Å². The highest BCUT2D eigenvalue weighted by molar-refractivity contribution is 5.99. The molecule has 0 fully saturated rings. The standard InChI is InChI=1S/C17H16N2O5/c1-18-17(23)19-15(21)14(11-7-3-2-4-8-11)24-16(22)12-9-5-6-10-13(12)20/h2-10,14,20H,1H3,(H2,18,19,21,23)/t14-/m0/s1. The topological polar surface area (TPSA) is 105 Å². The van der Waals surface area contributed by atoms with Gasteiger partial charge < -0.3 is 15.2 Å². The Morgan fingerprint density at radius 2 is 1.62 bits per heavy atom. The van der Waals surface area contributed by atoms with E-state index in [0.29, 0.717) is 5.56 Å². The maximum absolute atomic E-state index is 12.3. The number of amides is 3. The monoisotopic (exact) mass is 328 g/mol. The molecule has 0 aliphatic carbocycles. The minimum absolute atomic E-state index is 0.0776. The molecule has 2 rings (SSSR count). The second-order valence-electron chi connectivity index (χ2n) is 4.78. The number of phenolic OH excluding ortho intramolecular Hbond substituents is 1. The number of carbonyl (C=O) groups excluding carboxylic acids is 3. The number of urea groups is 1. The molecule has 0 saturated heterocycles. The largest absolute Gasteiger partial charge is 0.507 e. The SMILES string of the molecule is CNC(=O)NC(=O)[C@@H](OC(=O)c1ccccc1O)c1ccccc1. The number of phenols is 1. The Labute approximate surface area is 138 Å². The van der Waals surface area contributed by atoms with Crippen LogP contribution in [0.15, 0.2) is 54.6 Å². The third-order valence-electron chi connectivity index (χ3n) is 3.15. The van der Waals surface area contributed by atoms with E-state index in [1.807, 2.05) is 0 Å². The number of hydrogen-bond donors (Lipinski definition) is 3. The molecule has 7 nitrogen and oxygen atoms in total. The first kappa shape index (κ1) is 17.0. The first-order valence-corrected chi connectivity index (χ1v) is 7.09. The van der Waals surface area contributed by atoms with Gasteiger partial charge in [0.2, 0.25) is 6.10 Å². The van der Waals surface area contributed by atoms with Crippen LogP contribution < -0.4 is 10.6 Å². The van der Waals surface area contributed by atoms with E-state index < -0.39 is 24.0 Å². The van der Waals surface area contributed by atoms with E-state index in [2.05, 4.69) is 10.6 Å². The molecule has 124 valence electrons. The maximum Gasteiger partial charge on any atom is 0.343 e. The van der Waals surface area contributed by atoms with Crippen molar-refractivity contribution in [3.8, 4) is 5.75 Å². The summed E-state index contributed by atoms with van der Waals surface area (Å²) in [6.07, 6.45) is -1.34. The molecule has 24 heavy (non-hydrogen) atoms. The molecule has 0 saturated carbocycles. The van der Waals surface area contributed by atoms with Crippen molar-refractivity contribution in [2.45, 2.75) is 6.10 Å². The van der Waals surface area contributed by atoms with Gasteiger partial charge in [-0.2, -0.15) is 0 Å². The van der Waals surface area contributed by atoms with Gasteiger partial charge in [-0.15, -0.1) is 0 Å². The molecule has 2 aromatic carbocycles.